The van der Waals surface area contributed by atoms with Gasteiger partial charge in [0.15, 0.2) is 0 Å². The first kappa shape index (κ1) is 31.1. The average Bonchev–Trinajstić information content (AvgIpc) is 2.72. The third-order valence-corrected chi connectivity index (χ3v) is 4.56. The van der Waals surface area contributed by atoms with Crippen LogP contribution in [0.3, 0.4) is 0 Å². The first-order valence-corrected chi connectivity index (χ1v) is 11.4. The first-order valence-electron chi connectivity index (χ1n) is 11.4. The molecule has 2 rings (SSSR count). The first-order chi connectivity index (χ1) is 13.3. The molecule has 0 atom stereocenters. The minimum Gasteiger partial charge on any atom is -0.0683 e. The molecule has 0 saturated carbocycles. The van der Waals surface area contributed by atoms with E-state index >= 15 is 0 Å². The standard InChI is InChI=1S/C19H24.C3H8.3C2H6/c1-12-7-9-14(3)18(16(12)5)11-19-15(4)10-8-13(2)17(19)6;1-3-2;3*1-2/h7-10H,11H2,1-6H3;3H2,1-2H3;3*1-2H3. The highest BCUT2D eigenvalue weighted by Crippen LogP contribution is 2.25. The Kier molecular flexibility index (Phi) is 20.9. The predicted octanol–water partition coefficient (Wildman–Crippen LogP) is 9.62. The van der Waals surface area contributed by atoms with Crippen LogP contribution in [0, 0.1) is 41.5 Å². The molecule has 2 aromatic carbocycles. The third kappa shape index (κ3) is 10.1. The summed E-state index contributed by atoms with van der Waals surface area (Å²) >= 11 is 0. The van der Waals surface area contributed by atoms with Gasteiger partial charge in [0.25, 0.3) is 0 Å². The fourth-order valence-corrected chi connectivity index (χ4v) is 2.74. The van der Waals surface area contributed by atoms with Gasteiger partial charge in [-0.1, -0.05) is 86.1 Å². The molecule has 0 unspecified atom stereocenters. The maximum absolute atomic E-state index is 2.25. The molecule has 0 heterocycles. The Morgan fingerprint density at radius 2 is 0.679 bits per heavy atom. The second kappa shape index (κ2) is 18.8. The van der Waals surface area contributed by atoms with E-state index in [0.717, 1.165) is 6.42 Å². The summed E-state index contributed by atoms with van der Waals surface area (Å²) in [5.74, 6) is 0. The highest BCUT2D eigenvalue weighted by atomic mass is 14.2. The van der Waals surface area contributed by atoms with E-state index in [1.165, 1.54) is 50.9 Å². The van der Waals surface area contributed by atoms with Gasteiger partial charge in [0.2, 0.25) is 0 Å². The topological polar surface area (TPSA) is 0 Å². The Morgan fingerprint density at radius 1 is 0.464 bits per heavy atom. The van der Waals surface area contributed by atoms with Gasteiger partial charge >= 0.3 is 0 Å². The van der Waals surface area contributed by atoms with Gasteiger partial charge in [-0.3, -0.25) is 0 Å². The average molecular weight is 387 g/mol. The zero-order valence-corrected chi connectivity index (χ0v) is 21.7. The van der Waals surface area contributed by atoms with Crippen LogP contribution in [0.25, 0.3) is 0 Å². The van der Waals surface area contributed by atoms with Gasteiger partial charge in [0, 0.05) is 0 Å². The highest BCUT2D eigenvalue weighted by Gasteiger charge is 2.10. The van der Waals surface area contributed by atoms with Gasteiger partial charge < -0.3 is 0 Å². The Bertz CT molecular complexity index is 577. The number of benzene rings is 2. The highest BCUT2D eigenvalue weighted by molar-refractivity contribution is 5.47. The van der Waals surface area contributed by atoms with Crippen molar-refractivity contribution in [3.05, 3.63) is 68.8 Å². The predicted molar refractivity (Wildman–Crippen MR) is 134 cm³/mol. The zero-order chi connectivity index (χ0) is 22.9. The molecule has 0 heteroatoms. The molecule has 0 amide bonds. The molecule has 0 aliphatic rings. The zero-order valence-electron chi connectivity index (χ0n) is 21.7. The van der Waals surface area contributed by atoms with Crippen LogP contribution >= 0.6 is 0 Å². The van der Waals surface area contributed by atoms with Crippen molar-refractivity contribution in [1.82, 2.24) is 0 Å². The van der Waals surface area contributed by atoms with Gasteiger partial charge in [0.05, 0.1) is 0 Å². The van der Waals surface area contributed by atoms with Crippen molar-refractivity contribution in [2.75, 3.05) is 0 Å². The summed E-state index contributed by atoms with van der Waals surface area (Å²) < 4.78 is 0. The second-order valence-corrected chi connectivity index (χ2v) is 6.49. The number of rotatable bonds is 2. The van der Waals surface area contributed by atoms with Crippen molar-refractivity contribution >= 4 is 0 Å². The van der Waals surface area contributed by atoms with Crippen molar-refractivity contribution in [2.24, 2.45) is 0 Å². The molecule has 28 heavy (non-hydrogen) atoms. The summed E-state index contributed by atoms with van der Waals surface area (Å²) in [6.45, 7) is 29.6. The third-order valence-electron chi connectivity index (χ3n) is 4.56. The molecule has 0 bridgehead atoms. The quantitative estimate of drug-likeness (QED) is 0.482. The Balaban J connectivity index is -0.000000604. The summed E-state index contributed by atoms with van der Waals surface area (Å²) in [6, 6.07) is 8.95. The van der Waals surface area contributed by atoms with Gasteiger partial charge in [-0.2, -0.15) is 0 Å². The minimum atomic E-state index is 1.05. The molecular weight excluding hydrogens is 336 g/mol. The Labute approximate surface area is 178 Å². The van der Waals surface area contributed by atoms with E-state index in [1.807, 2.05) is 41.5 Å². The lowest BCUT2D eigenvalue weighted by Gasteiger charge is -2.17. The Morgan fingerprint density at radius 3 is 0.929 bits per heavy atom. The fraction of sp³-hybridized carbons (Fsp3) is 0.571. The lowest BCUT2D eigenvalue weighted by atomic mass is 9.88. The van der Waals surface area contributed by atoms with E-state index in [0.29, 0.717) is 0 Å². The van der Waals surface area contributed by atoms with Crippen LogP contribution in [0.15, 0.2) is 24.3 Å². The fourth-order valence-electron chi connectivity index (χ4n) is 2.74. The second-order valence-electron chi connectivity index (χ2n) is 6.49. The van der Waals surface area contributed by atoms with E-state index in [-0.39, 0.29) is 0 Å². The van der Waals surface area contributed by atoms with E-state index in [9.17, 15) is 0 Å². The monoisotopic (exact) mass is 386 g/mol. The summed E-state index contributed by atoms with van der Waals surface area (Å²) in [7, 11) is 0. The normalized spacial score (nSPS) is 8.64. The van der Waals surface area contributed by atoms with Crippen molar-refractivity contribution in [3.63, 3.8) is 0 Å². The summed E-state index contributed by atoms with van der Waals surface area (Å²) in [6.07, 6.45) is 2.30. The molecule has 0 radical (unpaired) electrons. The van der Waals surface area contributed by atoms with Crippen molar-refractivity contribution in [2.45, 2.75) is 110 Å². The van der Waals surface area contributed by atoms with Crippen LogP contribution in [-0.4, -0.2) is 0 Å². The molecule has 0 aromatic heterocycles. The molecule has 0 spiro atoms. The molecule has 162 valence electrons. The van der Waals surface area contributed by atoms with Gasteiger partial charge in [-0.15, -0.1) is 0 Å². The lowest BCUT2D eigenvalue weighted by Crippen LogP contribution is -2.02. The van der Waals surface area contributed by atoms with Crippen LogP contribution in [0.1, 0.15) is 106 Å². The molecule has 0 nitrogen and oxygen atoms in total. The molecule has 0 aliphatic carbocycles. The smallest absolute Gasteiger partial charge is 0.00151 e. The SMILES string of the molecule is CC.CC.CC.CCC.Cc1ccc(C)c(Cc2c(C)ccc(C)c2C)c1C. The van der Waals surface area contributed by atoms with Gasteiger partial charge in [-0.05, 0) is 92.5 Å². The molecule has 0 N–H and O–H groups in total. The minimum absolute atomic E-state index is 1.05. The van der Waals surface area contributed by atoms with Crippen LogP contribution in [0.5, 0.6) is 0 Å². The van der Waals surface area contributed by atoms with Crippen LogP contribution in [-0.2, 0) is 6.42 Å². The molecule has 0 saturated heterocycles. The van der Waals surface area contributed by atoms with Crippen LogP contribution in [0.2, 0.25) is 0 Å². The number of hydrogen-bond acceptors (Lipinski definition) is 0. The van der Waals surface area contributed by atoms with E-state index in [2.05, 4.69) is 79.7 Å². The lowest BCUT2D eigenvalue weighted by molar-refractivity contribution is 1.06. The van der Waals surface area contributed by atoms with Crippen LogP contribution in [0.4, 0.5) is 0 Å². The number of hydrogen-bond donors (Lipinski definition) is 0. The summed E-state index contributed by atoms with van der Waals surface area (Å²) in [4.78, 5) is 0. The van der Waals surface area contributed by atoms with E-state index < -0.39 is 0 Å². The molecule has 0 fully saturated rings. The van der Waals surface area contributed by atoms with Gasteiger partial charge in [0.1, 0.15) is 0 Å². The maximum atomic E-state index is 2.25. The molecule has 0 aliphatic heterocycles. The summed E-state index contributed by atoms with van der Waals surface area (Å²) in [5, 5.41) is 0. The van der Waals surface area contributed by atoms with E-state index in [1.54, 1.807) is 0 Å². The van der Waals surface area contributed by atoms with Crippen molar-refractivity contribution < 1.29 is 0 Å². The number of aryl methyl sites for hydroxylation is 4. The largest absolute Gasteiger partial charge is 0.0683 e. The van der Waals surface area contributed by atoms with E-state index in [4.69, 9.17) is 0 Å². The van der Waals surface area contributed by atoms with Crippen molar-refractivity contribution in [1.29, 1.82) is 0 Å². The van der Waals surface area contributed by atoms with Crippen molar-refractivity contribution in [3.8, 4) is 0 Å². The molecular formula is C28H50. The summed E-state index contributed by atoms with van der Waals surface area (Å²) in [5.41, 5.74) is 11.5. The molecule has 2 aromatic rings. The van der Waals surface area contributed by atoms with Gasteiger partial charge in [-0.25, -0.2) is 0 Å². The maximum Gasteiger partial charge on any atom is -0.00151 e. The Hall–Kier alpha value is -1.56. The van der Waals surface area contributed by atoms with Crippen LogP contribution < -0.4 is 0 Å².